The molecule has 0 aromatic heterocycles. The zero-order chi connectivity index (χ0) is 18.4. The number of benzene rings is 2. The molecule has 2 rings (SSSR count). The lowest BCUT2D eigenvalue weighted by Gasteiger charge is -2.13. The lowest BCUT2D eigenvalue weighted by molar-refractivity contribution is -0.116. The third-order valence-electron chi connectivity index (χ3n) is 3.61. The molecule has 0 bridgehead atoms. The van der Waals surface area contributed by atoms with Crippen LogP contribution in [0.15, 0.2) is 36.4 Å². The molecule has 3 N–H and O–H groups in total. The maximum Gasteiger partial charge on any atom is 0.338 e. The number of carbonyl (C=O) groups is 2. The van der Waals surface area contributed by atoms with Crippen molar-refractivity contribution in [3.05, 3.63) is 53.3 Å². The summed E-state index contributed by atoms with van der Waals surface area (Å²) in [6, 6.07) is 8.50. The molecule has 0 aliphatic rings. The van der Waals surface area contributed by atoms with Crippen LogP contribution < -0.4 is 15.8 Å². The minimum absolute atomic E-state index is 0.148. The van der Waals surface area contributed by atoms with E-state index >= 15 is 0 Å². The number of hydrogen-bond donors (Lipinski definition) is 2. The minimum atomic E-state index is -0.523. The molecule has 0 unspecified atom stereocenters. The first-order valence-corrected chi connectivity index (χ1v) is 7.54. The maximum absolute atomic E-state index is 12.9. The van der Waals surface area contributed by atoms with Crippen molar-refractivity contribution in [2.75, 3.05) is 25.3 Å². The van der Waals surface area contributed by atoms with Crippen LogP contribution in [0.2, 0.25) is 0 Å². The van der Waals surface area contributed by atoms with E-state index in [0.29, 0.717) is 29.1 Å². The van der Waals surface area contributed by atoms with E-state index in [0.717, 1.165) is 0 Å². The van der Waals surface area contributed by atoms with Gasteiger partial charge in [-0.3, -0.25) is 4.79 Å². The van der Waals surface area contributed by atoms with Gasteiger partial charge in [0.15, 0.2) is 0 Å². The SMILES string of the molecule is COC(=O)c1cc(N)c(CCC(=O)Nc2ccc(F)cc2)c(OC)c1. The second kappa shape index (κ2) is 8.14. The molecule has 0 aliphatic carbocycles. The molecule has 0 fully saturated rings. The van der Waals surface area contributed by atoms with Crippen LogP contribution in [0.5, 0.6) is 5.75 Å². The number of amides is 1. The lowest BCUT2D eigenvalue weighted by Crippen LogP contribution is -2.13. The van der Waals surface area contributed by atoms with Gasteiger partial charge >= 0.3 is 5.97 Å². The molecular formula is C18H19FN2O4. The molecule has 0 saturated heterocycles. The molecule has 7 heteroatoms. The highest BCUT2D eigenvalue weighted by molar-refractivity contribution is 5.92. The first-order chi connectivity index (χ1) is 11.9. The number of hydrogen-bond acceptors (Lipinski definition) is 5. The highest BCUT2D eigenvalue weighted by Gasteiger charge is 2.15. The topological polar surface area (TPSA) is 90.7 Å². The van der Waals surface area contributed by atoms with Crippen molar-refractivity contribution in [2.24, 2.45) is 0 Å². The third-order valence-corrected chi connectivity index (χ3v) is 3.61. The Morgan fingerprint density at radius 1 is 1.16 bits per heavy atom. The van der Waals surface area contributed by atoms with E-state index < -0.39 is 5.97 Å². The number of anilines is 2. The predicted molar refractivity (Wildman–Crippen MR) is 92.1 cm³/mol. The van der Waals surface area contributed by atoms with E-state index in [4.69, 9.17) is 10.5 Å². The fourth-order valence-electron chi connectivity index (χ4n) is 2.35. The number of halogens is 1. The largest absolute Gasteiger partial charge is 0.496 e. The van der Waals surface area contributed by atoms with Crippen LogP contribution >= 0.6 is 0 Å². The number of rotatable bonds is 6. The van der Waals surface area contributed by atoms with Crippen LogP contribution in [0.1, 0.15) is 22.3 Å². The first kappa shape index (κ1) is 18.3. The summed E-state index contributed by atoms with van der Waals surface area (Å²) in [4.78, 5) is 23.7. The van der Waals surface area contributed by atoms with Crippen LogP contribution in [0.4, 0.5) is 15.8 Å². The van der Waals surface area contributed by atoms with E-state index in [1.54, 1.807) is 0 Å². The van der Waals surface area contributed by atoms with Gasteiger partial charge in [-0.15, -0.1) is 0 Å². The first-order valence-electron chi connectivity index (χ1n) is 7.54. The molecule has 6 nitrogen and oxygen atoms in total. The monoisotopic (exact) mass is 346 g/mol. The highest BCUT2D eigenvalue weighted by Crippen LogP contribution is 2.28. The predicted octanol–water partition coefficient (Wildman–Crippen LogP) is 2.77. The standard InChI is InChI=1S/C18H19FN2O4/c1-24-16-10-11(18(23)25-2)9-15(20)14(16)7-8-17(22)21-13-5-3-12(19)4-6-13/h3-6,9-10H,7-8,20H2,1-2H3,(H,21,22). The van der Waals surface area contributed by atoms with Crippen molar-refractivity contribution >= 4 is 23.3 Å². The summed E-state index contributed by atoms with van der Waals surface area (Å²) in [5, 5.41) is 2.67. The van der Waals surface area contributed by atoms with Crippen LogP contribution in [0.25, 0.3) is 0 Å². The summed E-state index contributed by atoms with van der Waals surface area (Å²) in [6.07, 6.45) is 0.471. The highest BCUT2D eigenvalue weighted by atomic mass is 19.1. The smallest absolute Gasteiger partial charge is 0.338 e. The molecule has 0 heterocycles. The quantitative estimate of drug-likeness (QED) is 0.620. The van der Waals surface area contributed by atoms with Gasteiger partial charge in [0.2, 0.25) is 5.91 Å². The van der Waals surface area contributed by atoms with Gasteiger partial charge in [-0.2, -0.15) is 0 Å². The number of nitrogen functional groups attached to an aromatic ring is 1. The molecule has 2 aromatic carbocycles. The lowest BCUT2D eigenvalue weighted by atomic mass is 10.0. The van der Waals surface area contributed by atoms with Gasteiger partial charge in [0, 0.05) is 23.4 Å². The molecule has 1 amide bonds. The number of methoxy groups -OCH3 is 2. The van der Waals surface area contributed by atoms with Gasteiger partial charge in [0.25, 0.3) is 0 Å². The van der Waals surface area contributed by atoms with E-state index in [9.17, 15) is 14.0 Å². The number of carbonyl (C=O) groups excluding carboxylic acids is 2. The fraction of sp³-hybridized carbons (Fsp3) is 0.222. The number of ether oxygens (including phenoxy) is 2. The van der Waals surface area contributed by atoms with E-state index in [1.165, 1.54) is 50.6 Å². The summed E-state index contributed by atoms with van der Waals surface area (Å²) in [5.41, 5.74) is 7.74. The average molecular weight is 346 g/mol. The molecule has 0 aliphatic heterocycles. The molecule has 0 atom stereocenters. The third kappa shape index (κ3) is 4.69. The van der Waals surface area contributed by atoms with Crippen molar-refractivity contribution in [2.45, 2.75) is 12.8 Å². The Morgan fingerprint density at radius 3 is 2.44 bits per heavy atom. The van der Waals surface area contributed by atoms with Crippen LogP contribution in [-0.4, -0.2) is 26.1 Å². The second-order valence-corrected chi connectivity index (χ2v) is 5.29. The summed E-state index contributed by atoms with van der Waals surface area (Å²) >= 11 is 0. The van der Waals surface area contributed by atoms with Crippen molar-refractivity contribution in [3.8, 4) is 5.75 Å². The van der Waals surface area contributed by atoms with Crippen molar-refractivity contribution < 1.29 is 23.5 Å². The molecule has 132 valence electrons. The fourth-order valence-corrected chi connectivity index (χ4v) is 2.35. The number of esters is 1. The van der Waals surface area contributed by atoms with Gasteiger partial charge in [-0.1, -0.05) is 0 Å². The van der Waals surface area contributed by atoms with E-state index in [2.05, 4.69) is 10.1 Å². The molecule has 2 aromatic rings. The van der Waals surface area contributed by atoms with Gasteiger partial charge in [-0.05, 0) is 42.8 Å². The van der Waals surface area contributed by atoms with Crippen LogP contribution in [-0.2, 0) is 16.0 Å². The van der Waals surface area contributed by atoms with Gasteiger partial charge < -0.3 is 20.5 Å². The Morgan fingerprint density at radius 2 is 1.84 bits per heavy atom. The summed E-state index contributed by atoms with van der Waals surface area (Å²) in [5.74, 6) is -0.730. The number of nitrogens with two attached hydrogens (primary N) is 1. The Kier molecular flexibility index (Phi) is 5.94. The Balaban J connectivity index is 2.07. The number of nitrogens with one attached hydrogen (secondary N) is 1. The van der Waals surface area contributed by atoms with E-state index in [-0.39, 0.29) is 23.7 Å². The normalized spacial score (nSPS) is 10.2. The Hall–Kier alpha value is -3.09. The summed E-state index contributed by atoms with van der Waals surface area (Å²) in [7, 11) is 2.73. The molecular weight excluding hydrogens is 327 g/mol. The van der Waals surface area contributed by atoms with Crippen LogP contribution in [0, 0.1) is 5.82 Å². The van der Waals surface area contributed by atoms with Crippen molar-refractivity contribution in [1.29, 1.82) is 0 Å². The van der Waals surface area contributed by atoms with Gasteiger partial charge in [-0.25, -0.2) is 9.18 Å². The molecule has 25 heavy (non-hydrogen) atoms. The van der Waals surface area contributed by atoms with Crippen molar-refractivity contribution in [3.63, 3.8) is 0 Å². The Bertz CT molecular complexity index is 775. The van der Waals surface area contributed by atoms with Crippen molar-refractivity contribution in [1.82, 2.24) is 0 Å². The second-order valence-electron chi connectivity index (χ2n) is 5.29. The zero-order valence-electron chi connectivity index (χ0n) is 14.0. The van der Waals surface area contributed by atoms with E-state index in [1.807, 2.05) is 0 Å². The molecule has 0 radical (unpaired) electrons. The Labute approximate surface area is 144 Å². The average Bonchev–Trinajstić information content (AvgIpc) is 2.61. The molecule has 0 saturated carbocycles. The van der Waals surface area contributed by atoms with Gasteiger partial charge in [0.1, 0.15) is 11.6 Å². The minimum Gasteiger partial charge on any atom is -0.496 e. The maximum atomic E-state index is 12.9. The van der Waals surface area contributed by atoms with Gasteiger partial charge in [0.05, 0.1) is 19.8 Å². The van der Waals surface area contributed by atoms with Crippen LogP contribution in [0.3, 0.4) is 0 Å². The summed E-state index contributed by atoms with van der Waals surface area (Å²) < 4.78 is 22.8. The zero-order valence-corrected chi connectivity index (χ0v) is 14.0. The molecule has 0 spiro atoms. The summed E-state index contributed by atoms with van der Waals surface area (Å²) in [6.45, 7) is 0.